The van der Waals surface area contributed by atoms with Gasteiger partial charge in [-0.1, -0.05) is 48.3 Å². The second-order valence-corrected chi connectivity index (χ2v) is 5.21. The number of halogens is 2. The maximum atomic E-state index is 6.09. The van der Waals surface area contributed by atoms with Gasteiger partial charge in [0.1, 0.15) is 10.3 Å². The van der Waals surface area contributed by atoms with Crippen molar-refractivity contribution >= 4 is 28.9 Å². The Morgan fingerprint density at radius 2 is 1.74 bits per heavy atom. The van der Waals surface area contributed by atoms with Crippen molar-refractivity contribution in [2.45, 2.75) is 19.9 Å². The number of anilines is 1. The number of aryl methyl sites for hydroxylation is 1. The number of benzene rings is 1. The van der Waals surface area contributed by atoms with Crippen LogP contribution in [0.25, 0.3) is 0 Å². The third-order valence-electron chi connectivity index (χ3n) is 3.08. The highest BCUT2D eigenvalue weighted by Gasteiger charge is 2.07. The second-order valence-electron chi connectivity index (χ2n) is 4.46. The van der Waals surface area contributed by atoms with E-state index < -0.39 is 0 Å². The van der Waals surface area contributed by atoms with Crippen LogP contribution in [0.2, 0.25) is 10.3 Å². The maximum absolute atomic E-state index is 6.09. The van der Waals surface area contributed by atoms with Crippen molar-refractivity contribution in [3.8, 4) is 0 Å². The van der Waals surface area contributed by atoms with Crippen LogP contribution in [0.15, 0.2) is 36.4 Å². The van der Waals surface area contributed by atoms with E-state index in [0.29, 0.717) is 16.9 Å². The van der Waals surface area contributed by atoms with Gasteiger partial charge in [-0.2, -0.15) is 0 Å². The van der Waals surface area contributed by atoms with Crippen LogP contribution < -0.4 is 4.90 Å². The van der Waals surface area contributed by atoms with Gasteiger partial charge in [0.25, 0.3) is 0 Å². The largest absolute Gasteiger partial charge is 0.370 e. The molecule has 0 radical (unpaired) electrons. The molecule has 0 aliphatic carbocycles. The van der Waals surface area contributed by atoms with E-state index in [1.54, 1.807) is 6.07 Å². The van der Waals surface area contributed by atoms with Gasteiger partial charge in [-0.3, -0.25) is 0 Å². The van der Waals surface area contributed by atoms with Gasteiger partial charge in [0, 0.05) is 24.8 Å². The van der Waals surface area contributed by atoms with Gasteiger partial charge in [0.05, 0.1) is 0 Å². The molecule has 0 N–H and O–H groups in total. The number of aromatic nitrogens is 1. The first-order chi connectivity index (χ1) is 9.10. The highest BCUT2D eigenvalue weighted by molar-refractivity contribution is 6.32. The minimum atomic E-state index is 0.420. The molecule has 0 amide bonds. The van der Waals surface area contributed by atoms with Crippen molar-refractivity contribution in [1.82, 2.24) is 4.98 Å². The molecule has 0 saturated carbocycles. The molecule has 100 valence electrons. The highest BCUT2D eigenvalue weighted by Crippen LogP contribution is 2.21. The topological polar surface area (TPSA) is 16.1 Å². The number of hydrogen-bond acceptors (Lipinski definition) is 2. The quantitative estimate of drug-likeness (QED) is 0.767. The Morgan fingerprint density at radius 3 is 2.32 bits per heavy atom. The molecule has 2 rings (SSSR count). The van der Waals surface area contributed by atoms with Gasteiger partial charge >= 0.3 is 0 Å². The summed E-state index contributed by atoms with van der Waals surface area (Å²) < 4.78 is 0. The van der Waals surface area contributed by atoms with Gasteiger partial charge in [-0.15, -0.1) is 0 Å². The lowest BCUT2D eigenvalue weighted by Gasteiger charge is -2.20. The summed E-state index contributed by atoms with van der Waals surface area (Å²) in [6.45, 7) is 2.85. The van der Waals surface area contributed by atoms with E-state index in [0.717, 1.165) is 17.7 Å². The molecule has 0 unspecified atom stereocenters. The van der Waals surface area contributed by atoms with E-state index in [-0.39, 0.29) is 0 Å². The Hall–Kier alpha value is -1.25. The molecule has 0 atom stereocenters. The van der Waals surface area contributed by atoms with Crippen molar-refractivity contribution in [2.75, 3.05) is 11.9 Å². The normalized spacial score (nSPS) is 10.5. The summed E-state index contributed by atoms with van der Waals surface area (Å²) >= 11 is 11.9. The van der Waals surface area contributed by atoms with Crippen LogP contribution in [-0.4, -0.2) is 12.0 Å². The summed E-state index contributed by atoms with van der Waals surface area (Å²) in [5, 5.41) is 0.883. The zero-order valence-electron chi connectivity index (χ0n) is 11.0. The van der Waals surface area contributed by atoms with Gasteiger partial charge < -0.3 is 4.90 Å². The summed E-state index contributed by atoms with van der Waals surface area (Å²) in [6, 6.07) is 12.2. The van der Waals surface area contributed by atoms with Crippen molar-refractivity contribution in [1.29, 1.82) is 0 Å². The van der Waals surface area contributed by atoms with E-state index in [1.165, 1.54) is 5.56 Å². The van der Waals surface area contributed by atoms with Crippen LogP contribution in [0.1, 0.15) is 18.1 Å². The van der Waals surface area contributed by atoms with Crippen LogP contribution in [-0.2, 0) is 13.0 Å². The summed E-state index contributed by atoms with van der Waals surface area (Å²) in [5.41, 5.74) is 3.46. The lowest BCUT2D eigenvalue weighted by atomic mass is 10.1. The third-order valence-corrected chi connectivity index (χ3v) is 3.62. The summed E-state index contributed by atoms with van der Waals surface area (Å²) in [6.07, 6.45) is 1.05. The molecule has 19 heavy (non-hydrogen) atoms. The molecule has 2 nitrogen and oxygen atoms in total. The molecule has 0 spiro atoms. The van der Waals surface area contributed by atoms with Crippen LogP contribution in [0.4, 0.5) is 5.69 Å². The fraction of sp³-hybridized carbons (Fsp3) is 0.267. The standard InChI is InChI=1S/C15H16Cl2N2/c1-3-11-4-7-13(8-5-11)19(2)10-12-6-9-14(16)18-15(12)17/h4-9H,3,10H2,1-2H3. The monoisotopic (exact) mass is 294 g/mol. The molecule has 0 fully saturated rings. The lowest BCUT2D eigenvalue weighted by molar-refractivity contribution is 0.914. The predicted octanol–water partition coefficient (Wildman–Crippen LogP) is 4.59. The number of hydrogen-bond donors (Lipinski definition) is 0. The molecule has 1 aromatic carbocycles. The lowest BCUT2D eigenvalue weighted by Crippen LogP contribution is -2.16. The van der Waals surface area contributed by atoms with Gasteiger partial charge in [0.15, 0.2) is 0 Å². The second kappa shape index (κ2) is 6.27. The first-order valence-electron chi connectivity index (χ1n) is 6.21. The molecule has 1 aromatic heterocycles. The number of rotatable bonds is 4. The zero-order chi connectivity index (χ0) is 13.8. The Morgan fingerprint density at radius 1 is 1.05 bits per heavy atom. The summed E-state index contributed by atoms with van der Waals surface area (Å²) in [7, 11) is 2.03. The first kappa shape index (κ1) is 14.2. The smallest absolute Gasteiger partial charge is 0.135 e. The average Bonchev–Trinajstić information content (AvgIpc) is 2.42. The first-order valence-corrected chi connectivity index (χ1v) is 6.96. The molecule has 1 heterocycles. The highest BCUT2D eigenvalue weighted by atomic mass is 35.5. The number of pyridine rings is 1. The van der Waals surface area contributed by atoms with E-state index in [1.807, 2.05) is 13.1 Å². The molecule has 0 aliphatic rings. The van der Waals surface area contributed by atoms with E-state index in [4.69, 9.17) is 23.2 Å². The van der Waals surface area contributed by atoms with Gasteiger partial charge in [-0.05, 0) is 30.2 Å². The predicted molar refractivity (Wildman–Crippen MR) is 82.2 cm³/mol. The van der Waals surface area contributed by atoms with Crippen molar-refractivity contribution in [2.24, 2.45) is 0 Å². The zero-order valence-corrected chi connectivity index (χ0v) is 12.5. The van der Waals surface area contributed by atoms with Crippen LogP contribution in [0, 0.1) is 0 Å². The fourth-order valence-corrected chi connectivity index (χ4v) is 2.30. The molecular formula is C15H16Cl2N2. The molecule has 0 saturated heterocycles. The van der Waals surface area contributed by atoms with Crippen molar-refractivity contribution < 1.29 is 0 Å². The van der Waals surface area contributed by atoms with Crippen LogP contribution >= 0.6 is 23.2 Å². The molecule has 4 heteroatoms. The number of nitrogens with zero attached hydrogens (tertiary/aromatic N) is 2. The Labute approximate surface area is 124 Å². The minimum Gasteiger partial charge on any atom is -0.370 e. The maximum Gasteiger partial charge on any atom is 0.135 e. The van der Waals surface area contributed by atoms with Crippen LogP contribution in [0.3, 0.4) is 0 Å². The van der Waals surface area contributed by atoms with E-state index in [9.17, 15) is 0 Å². The SMILES string of the molecule is CCc1ccc(N(C)Cc2ccc(Cl)nc2Cl)cc1. The Balaban J connectivity index is 2.13. The van der Waals surface area contributed by atoms with Crippen molar-refractivity contribution in [3.05, 3.63) is 57.8 Å². The van der Waals surface area contributed by atoms with E-state index in [2.05, 4.69) is 41.1 Å². The van der Waals surface area contributed by atoms with Gasteiger partial charge in [0.2, 0.25) is 0 Å². The van der Waals surface area contributed by atoms with Crippen molar-refractivity contribution in [3.63, 3.8) is 0 Å². The Bertz CT molecular complexity index is 553. The van der Waals surface area contributed by atoms with Crippen LogP contribution in [0.5, 0.6) is 0 Å². The molecular weight excluding hydrogens is 279 g/mol. The minimum absolute atomic E-state index is 0.420. The molecule has 2 aromatic rings. The summed E-state index contributed by atoms with van der Waals surface area (Å²) in [4.78, 5) is 6.19. The van der Waals surface area contributed by atoms with Gasteiger partial charge in [-0.25, -0.2) is 4.98 Å². The fourth-order valence-electron chi connectivity index (χ4n) is 1.89. The molecule has 0 aliphatic heterocycles. The van der Waals surface area contributed by atoms with E-state index >= 15 is 0 Å². The third kappa shape index (κ3) is 3.62. The Kier molecular flexibility index (Phi) is 4.67. The summed E-state index contributed by atoms with van der Waals surface area (Å²) in [5.74, 6) is 0. The average molecular weight is 295 g/mol. The molecule has 0 bridgehead atoms.